The molecule has 3 rings (SSSR count). The number of rotatable bonds is 2. The fourth-order valence-corrected chi connectivity index (χ4v) is 2.42. The van der Waals surface area contributed by atoms with Crippen molar-refractivity contribution < 1.29 is 9.18 Å². The molecule has 2 atom stereocenters. The number of nitrogens with zero attached hydrogens (tertiary/aromatic N) is 1. The average molecular weight is 234 g/mol. The van der Waals surface area contributed by atoms with E-state index in [2.05, 4.69) is 5.32 Å². The van der Waals surface area contributed by atoms with Crippen LogP contribution in [0.15, 0.2) is 24.3 Å². The van der Waals surface area contributed by atoms with Gasteiger partial charge in [-0.2, -0.15) is 0 Å². The Morgan fingerprint density at radius 2 is 2.06 bits per heavy atom. The molecule has 17 heavy (non-hydrogen) atoms. The Bertz CT molecular complexity index is 458. The highest BCUT2D eigenvalue weighted by Crippen LogP contribution is 2.37. The minimum atomic E-state index is -0.300. The highest BCUT2D eigenvalue weighted by Gasteiger charge is 2.45. The van der Waals surface area contributed by atoms with Crippen LogP contribution in [0.25, 0.3) is 0 Å². The molecule has 1 aromatic carbocycles. The van der Waals surface area contributed by atoms with Crippen LogP contribution in [0.1, 0.15) is 31.5 Å². The topological polar surface area (TPSA) is 32.3 Å². The second-order valence-electron chi connectivity index (χ2n) is 4.79. The largest absolute Gasteiger partial charge is 0.318 e. The molecule has 1 aliphatic carbocycles. The predicted octanol–water partition coefficient (Wildman–Crippen LogP) is 1.81. The molecular formula is C13H15FN2O. The predicted molar refractivity (Wildman–Crippen MR) is 61.6 cm³/mol. The van der Waals surface area contributed by atoms with E-state index in [1.807, 2.05) is 11.8 Å². The Hall–Kier alpha value is -1.42. The summed E-state index contributed by atoms with van der Waals surface area (Å²) in [5, 5.41) is 3.17. The Kier molecular flexibility index (Phi) is 2.40. The van der Waals surface area contributed by atoms with Gasteiger partial charge in [-0.1, -0.05) is 18.2 Å². The Labute approximate surface area is 99.6 Å². The van der Waals surface area contributed by atoms with Crippen molar-refractivity contribution in [1.29, 1.82) is 0 Å². The quantitative estimate of drug-likeness (QED) is 0.846. The molecule has 1 saturated heterocycles. The second-order valence-corrected chi connectivity index (χ2v) is 4.79. The van der Waals surface area contributed by atoms with Crippen LogP contribution in [0, 0.1) is 5.82 Å². The molecule has 1 saturated carbocycles. The van der Waals surface area contributed by atoms with E-state index in [1.54, 1.807) is 18.2 Å². The van der Waals surface area contributed by atoms with E-state index in [9.17, 15) is 9.18 Å². The molecule has 4 heteroatoms. The summed E-state index contributed by atoms with van der Waals surface area (Å²) in [4.78, 5) is 13.8. The van der Waals surface area contributed by atoms with Crippen molar-refractivity contribution in [1.82, 2.24) is 10.2 Å². The molecule has 1 aliphatic heterocycles. The van der Waals surface area contributed by atoms with Crippen LogP contribution in [-0.2, 0) is 4.79 Å². The van der Waals surface area contributed by atoms with Crippen LogP contribution in [0.3, 0.4) is 0 Å². The zero-order valence-corrected chi connectivity index (χ0v) is 9.69. The number of amides is 1. The van der Waals surface area contributed by atoms with Crippen LogP contribution in [0.2, 0.25) is 0 Å². The fourth-order valence-electron chi connectivity index (χ4n) is 2.42. The first-order valence-electron chi connectivity index (χ1n) is 6.01. The SMILES string of the molecule is CC1NC(c2ccccc2F)N(C2CC2)C1=O. The minimum Gasteiger partial charge on any atom is -0.318 e. The summed E-state index contributed by atoms with van der Waals surface area (Å²) in [7, 11) is 0. The lowest BCUT2D eigenvalue weighted by molar-refractivity contribution is -0.130. The molecule has 2 aliphatic rings. The molecule has 1 heterocycles. The smallest absolute Gasteiger partial charge is 0.241 e. The minimum absolute atomic E-state index is 0.0840. The van der Waals surface area contributed by atoms with Crippen molar-refractivity contribution in [2.24, 2.45) is 0 Å². The number of benzene rings is 1. The van der Waals surface area contributed by atoms with Gasteiger partial charge in [-0.15, -0.1) is 0 Å². The van der Waals surface area contributed by atoms with Gasteiger partial charge in [0.1, 0.15) is 12.0 Å². The first kappa shape index (κ1) is 10.7. The molecule has 1 amide bonds. The van der Waals surface area contributed by atoms with Gasteiger partial charge in [0.2, 0.25) is 5.91 Å². The van der Waals surface area contributed by atoms with Gasteiger partial charge >= 0.3 is 0 Å². The first-order chi connectivity index (χ1) is 8.18. The maximum absolute atomic E-state index is 13.8. The van der Waals surface area contributed by atoms with Crippen molar-refractivity contribution in [2.45, 2.75) is 38.0 Å². The summed E-state index contributed by atoms with van der Waals surface area (Å²) >= 11 is 0. The van der Waals surface area contributed by atoms with Crippen LogP contribution in [-0.4, -0.2) is 22.9 Å². The van der Waals surface area contributed by atoms with Gasteiger partial charge in [0, 0.05) is 11.6 Å². The number of carbonyl (C=O) groups excluding carboxylic acids is 1. The van der Waals surface area contributed by atoms with E-state index >= 15 is 0 Å². The normalized spacial score (nSPS) is 28.8. The first-order valence-corrected chi connectivity index (χ1v) is 6.01. The third kappa shape index (κ3) is 1.72. The van der Waals surface area contributed by atoms with Gasteiger partial charge in [-0.05, 0) is 25.8 Å². The number of hydrogen-bond acceptors (Lipinski definition) is 2. The molecule has 1 aromatic rings. The van der Waals surface area contributed by atoms with E-state index in [0.29, 0.717) is 11.6 Å². The zero-order valence-electron chi connectivity index (χ0n) is 9.69. The Morgan fingerprint density at radius 1 is 1.35 bits per heavy atom. The summed E-state index contributed by atoms with van der Waals surface area (Å²) < 4.78 is 13.8. The maximum Gasteiger partial charge on any atom is 0.241 e. The van der Waals surface area contributed by atoms with Crippen molar-refractivity contribution in [3.05, 3.63) is 35.6 Å². The van der Waals surface area contributed by atoms with E-state index in [-0.39, 0.29) is 23.9 Å². The molecule has 0 radical (unpaired) electrons. The van der Waals surface area contributed by atoms with Gasteiger partial charge < -0.3 is 4.90 Å². The van der Waals surface area contributed by atoms with Crippen molar-refractivity contribution in [3.63, 3.8) is 0 Å². The molecule has 2 fully saturated rings. The summed E-state index contributed by atoms with van der Waals surface area (Å²) in [5.74, 6) is -0.168. The second kappa shape index (κ2) is 3.81. The van der Waals surface area contributed by atoms with Crippen molar-refractivity contribution in [2.75, 3.05) is 0 Å². The molecule has 2 unspecified atom stereocenters. The van der Waals surface area contributed by atoms with Crippen LogP contribution in [0.5, 0.6) is 0 Å². The van der Waals surface area contributed by atoms with Gasteiger partial charge in [-0.25, -0.2) is 4.39 Å². The molecular weight excluding hydrogens is 219 g/mol. The van der Waals surface area contributed by atoms with E-state index in [1.165, 1.54) is 6.07 Å². The third-order valence-electron chi connectivity index (χ3n) is 3.45. The number of hydrogen-bond donors (Lipinski definition) is 1. The highest BCUT2D eigenvalue weighted by molar-refractivity contribution is 5.84. The van der Waals surface area contributed by atoms with Crippen LogP contribution >= 0.6 is 0 Å². The lowest BCUT2D eigenvalue weighted by Gasteiger charge is -2.24. The van der Waals surface area contributed by atoms with Crippen LogP contribution in [0.4, 0.5) is 4.39 Å². The summed E-state index contributed by atoms with van der Waals surface area (Å²) in [6.07, 6.45) is 1.77. The lowest BCUT2D eigenvalue weighted by atomic mass is 10.1. The Morgan fingerprint density at radius 3 is 2.71 bits per heavy atom. The highest BCUT2D eigenvalue weighted by atomic mass is 19.1. The van der Waals surface area contributed by atoms with Gasteiger partial charge in [0.25, 0.3) is 0 Å². The van der Waals surface area contributed by atoms with Gasteiger partial charge in [0.15, 0.2) is 0 Å². The fraction of sp³-hybridized carbons (Fsp3) is 0.462. The molecule has 0 aromatic heterocycles. The Balaban J connectivity index is 1.96. The summed E-state index contributed by atoms with van der Waals surface area (Å²) in [6.45, 7) is 1.83. The molecule has 0 bridgehead atoms. The average Bonchev–Trinajstić information content (AvgIpc) is 3.09. The molecule has 90 valence electrons. The summed E-state index contributed by atoms with van der Waals surface area (Å²) in [6, 6.07) is 6.73. The van der Waals surface area contributed by atoms with Crippen molar-refractivity contribution in [3.8, 4) is 0 Å². The third-order valence-corrected chi connectivity index (χ3v) is 3.45. The van der Waals surface area contributed by atoms with Crippen LogP contribution < -0.4 is 5.32 Å². The lowest BCUT2D eigenvalue weighted by Crippen LogP contribution is -2.33. The van der Waals surface area contributed by atoms with E-state index in [4.69, 9.17) is 0 Å². The number of halogens is 1. The van der Waals surface area contributed by atoms with E-state index < -0.39 is 0 Å². The molecule has 1 N–H and O–H groups in total. The van der Waals surface area contributed by atoms with Crippen molar-refractivity contribution >= 4 is 5.91 Å². The monoisotopic (exact) mass is 234 g/mol. The van der Waals surface area contributed by atoms with Gasteiger partial charge in [0.05, 0.1) is 6.04 Å². The number of carbonyl (C=O) groups is 1. The number of nitrogens with one attached hydrogen (secondary N) is 1. The molecule has 3 nitrogen and oxygen atoms in total. The maximum atomic E-state index is 13.8. The standard InChI is InChI=1S/C13H15FN2O/c1-8-13(17)16(9-6-7-9)12(15-8)10-4-2-3-5-11(10)14/h2-5,8-9,12,15H,6-7H2,1H3. The zero-order chi connectivity index (χ0) is 12.0. The van der Waals surface area contributed by atoms with E-state index in [0.717, 1.165) is 12.8 Å². The molecule has 0 spiro atoms. The van der Waals surface area contributed by atoms with Gasteiger partial charge in [-0.3, -0.25) is 10.1 Å². The summed E-state index contributed by atoms with van der Waals surface area (Å²) in [5.41, 5.74) is 0.567.